The molecule has 0 aliphatic rings. The molecule has 0 unspecified atom stereocenters. The van der Waals surface area contributed by atoms with Crippen molar-refractivity contribution in [3.8, 4) is 0 Å². The molecule has 0 aliphatic carbocycles. The van der Waals surface area contributed by atoms with E-state index in [1.165, 1.54) is 0 Å². The van der Waals surface area contributed by atoms with Gasteiger partial charge >= 0.3 is 14.8 Å². The van der Waals surface area contributed by atoms with E-state index in [1.54, 1.807) is 4.90 Å². The van der Waals surface area contributed by atoms with E-state index in [2.05, 4.69) is 0 Å². The van der Waals surface area contributed by atoms with Crippen LogP contribution < -0.4 is 5.73 Å². The summed E-state index contributed by atoms with van der Waals surface area (Å²) >= 11 is 0. The van der Waals surface area contributed by atoms with E-state index in [0.717, 1.165) is 0 Å². The van der Waals surface area contributed by atoms with Gasteiger partial charge in [-0.15, -0.1) is 0 Å². The summed E-state index contributed by atoms with van der Waals surface area (Å²) < 4.78 is 17.4. The number of carbonyl (C=O) groups is 2. The number of amides is 1. The molecule has 1 atom stereocenters. The van der Waals surface area contributed by atoms with Crippen LogP contribution in [0.3, 0.4) is 0 Å². The standard InChI is InChI=1S/C15H32N2O6Si/c1-5-17(13(15(19)20)12-14(16)18)10-9-11-24(21-6-2,22-7-3)23-8-4/h13H,5-12H2,1-4H3,(H2,16,18)(H,19,20)/t13-/m0/s1. The second-order valence-electron chi connectivity index (χ2n) is 5.24. The first kappa shape index (κ1) is 23.0. The zero-order valence-corrected chi connectivity index (χ0v) is 16.2. The van der Waals surface area contributed by atoms with Crippen LogP contribution in [-0.2, 0) is 22.9 Å². The summed E-state index contributed by atoms with van der Waals surface area (Å²) in [6.45, 7) is 10.1. The molecule has 0 aliphatic heterocycles. The molecular weight excluding hydrogens is 332 g/mol. The molecule has 142 valence electrons. The summed E-state index contributed by atoms with van der Waals surface area (Å²) in [5, 5.41) is 9.32. The molecule has 3 N–H and O–H groups in total. The maximum Gasteiger partial charge on any atom is 0.500 e. The van der Waals surface area contributed by atoms with Gasteiger partial charge in [-0.25, -0.2) is 0 Å². The molecule has 0 radical (unpaired) electrons. The van der Waals surface area contributed by atoms with Crippen LogP contribution >= 0.6 is 0 Å². The van der Waals surface area contributed by atoms with E-state index in [9.17, 15) is 14.7 Å². The number of hydrogen-bond acceptors (Lipinski definition) is 6. The summed E-state index contributed by atoms with van der Waals surface area (Å²) in [5.41, 5.74) is 5.16. The van der Waals surface area contributed by atoms with Crippen molar-refractivity contribution < 1.29 is 28.0 Å². The van der Waals surface area contributed by atoms with Crippen molar-refractivity contribution in [1.29, 1.82) is 0 Å². The number of rotatable bonds is 15. The topological polar surface area (TPSA) is 111 Å². The second kappa shape index (κ2) is 12.4. The zero-order chi connectivity index (χ0) is 18.6. The van der Waals surface area contributed by atoms with Crippen molar-refractivity contribution in [2.75, 3.05) is 32.9 Å². The molecule has 0 aromatic rings. The minimum absolute atomic E-state index is 0.200. The quantitative estimate of drug-likeness (QED) is 0.418. The van der Waals surface area contributed by atoms with Gasteiger partial charge in [0.25, 0.3) is 0 Å². The molecule has 9 heteroatoms. The first-order chi connectivity index (χ1) is 11.4. The first-order valence-electron chi connectivity index (χ1n) is 8.52. The van der Waals surface area contributed by atoms with E-state index in [-0.39, 0.29) is 6.42 Å². The minimum Gasteiger partial charge on any atom is -0.480 e. The van der Waals surface area contributed by atoms with E-state index >= 15 is 0 Å². The van der Waals surface area contributed by atoms with Crippen LogP contribution in [0.1, 0.15) is 40.5 Å². The number of aliphatic carboxylic acids is 1. The van der Waals surface area contributed by atoms with Crippen LogP contribution in [0.2, 0.25) is 6.04 Å². The Hall–Kier alpha value is -1.00. The van der Waals surface area contributed by atoms with E-state index in [0.29, 0.717) is 45.4 Å². The summed E-state index contributed by atoms with van der Waals surface area (Å²) in [4.78, 5) is 24.2. The van der Waals surface area contributed by atoms with Gasteiger partial charge in [0.2, 0.25) is 5.91 Å². The first-order valence-corrected chi connectivity index (χ1v) is 10.5. The molecule has 0 rings (SSSR count). The highest BCUT2D eigenvalue weighted by Gasteiger charge is 2.40. The lowest BCUT2D eigenvalue weighted by Crippen LogP contribution is -2.48. The fourth-order valence-corrected chi connectivity index (χ4v) is 5.19. The number of carbonyl (C=O) groups excluding carboxylic acids is 1. The van der Waals surface area contributed by atoms with Crippen molar-refractivity contribution >= 4 is 20.7 Å². The molecule has 8 nitrogen and oxygen atoms in total. The van der Waals surface area contributed by atoms with Crippen molar-refractivity contribution in [3.63, 3.8) is 0 Å². The van der Waals surface area contributed by atoms with Gasteiger partial charge in [0, 0.05) is 25.9 Å². The number of carboxylic acid groups (broad SMARTS) is 1. The van der Waals surface area contributed by atoms with Gasteiger partial charge in [-0.3, -0.25) is 14.5 Å². The lowest BCUT2D eigenvalue weighted by Gasteiger charge is -2.31. The Balaban J connectivity index is 4.83. The third-order valence-corrected chi connectivity index (χ3v) is 6.70. The molecule has 0 heterocycles. The summed E-state index contributed by atoms with van der Waals surface area (Å²) in [6, 6.07) is -0.308. The average Bonchev–Trinajstić information content (AvgIpc) is 2.50. The molecule has 0 spiro atoms. The maximum atomic E-state index is 11.4. The number of nitrogens with two attached hydrogens (primary N) is 1. The minimum atomic E-state index is -2.73. The number of carboxylic acids is 1. The molecule has 0 fully saturated rings. The number of hydrogen-bond donors (Lipinski definition) is 2. The lowest BCUT2D eigenvalue weighted by atomic mass is 10.1. The monoisotopic (exact) mass is 364 g/mol. The maximum absolute atomic E-state index is 11.4. The SMILES string of the molecule is CCO[Si](CCCN(CC)[C@@H](CC(N)=O)C(=O)O)(OCC)OCC. The molecule has 1 amide bonds. The van der Waals surface area contributed by atoms with Crippen molar-refractivity contribution in [2.24, 2.45) is 5.73 Å². The Morgan fingerprint density at radius 3 is 1.92 bits per heavy atom. The third kappa shape index (κ3) is 8.20. The van der Waals surface area contributed by atoms with E-state index in [4.69, 9.17) is 19.0 Å². The average molecular weight is 365 g/mol. The summed E-state index contributed by atoms with van der Waals surface area (Å²) in [7, 11) is -2.73. The van der Waals surface area contributed by atoms with Crippen LogP contribution in [0, 0.1) is 0 Å². The Morgan fingerprint density at radius 2 is 1.58 bits per heavy atom. The van der Waals surface area contributed by atoms with Gasteiger partial charge < -0.3 is 24.1 Å². The predicted octanol–water partition coefficient (Wildman–Crippen LogP) is 1.08. The summed E-state index contributed by atoms with van der Waals surface area (Å²) in [6.07, 6.45) is 0.455. The molecule has 0 saturated heterocycles. The smallest absolute Gasteiger partial charge is 0.480 e. The van der Waals surface area contributed by atoms with Gasteiger partial charge in [0.05, 0.1) is 6.42 Å². The Morgan fingerprint density at radius 1 is 1.08 bits per heavy atom. The summed E-state index contributed by atoms with van der Waals surface area (Å²) in [5.74, 6) is -1.67. The van der Waals surface area contributed by atoms with Gasteiger partial charge in [-0.1, -0.05) is 6.92 Å². The number of likely N-dealkylation sites (N-methyl/N-ethyl adjacent to an activating group) is 1. The fourth-order valence-electron chi connectivity index (χ4n) is 2.60. The van der Waals surface area contributed by atoms with E-state index in [1.807, 2.05) is 27.7 Å². The molecular formula is C15H32N2O6Si. The van der Waals surface area contributed by atoms with Gasteiger partial charge in [0.1, 0.15) is 6.04 Å². The highest BCUT2D eigenvalue weighted by atomic mass is 28.4. The zero-order valence-electron chi connectivity index (χ0n) is 15.2. The Labute approximate surface area is 145 Å². The highest BCUT2D eigenvalue weighted by Crippen LogP contribution is 2.19. The molecule has 0 saturated carbocycles. The van der Waals surface area contributed by atoms with Crippen molar-refractivity contribution in [2.45, 2.75) is 52.6 Å². The lowest BCUT2D eigenvalue weighted by molar-refractivity contribution is -0.145. The number of primary amides is 1. The van der Waals surface area contributed by atoms with Gasteiger partial charge in [-0.05, 0) is 40.3 Å². The molecule has 0 aromatic heterocycles. The van der Waals surface area contributed by atoms with Gasteiger partial charge in [-0.2, -0.15) is 0 Å². The Bertz CT molecular complexity index is 366. The van der Waals surface area contributed by atoms with E-state index < -0.39 is 26.7 Å². The second-order valence-corrected chi connectivity index (χ2v) is 7.97. The normalized spacial score (nSPS) is 13.2. The fraction of sp³-hybridized carbons (Fsp3) is 0.867. The largest absolute Gasteiger partial charge is 0.500 e. The van der Waals surface area contributed by atoms with Crippen LogP contribution in [0.4, 0.5) is 0 Å². The Kier molecular flexibility index (Phi) is 11.9. The number of nitrogens with zero attached hydrogens (tertiary/aromatic N) is 1. The van der Waals surface area contributed by atoms with Crippen LogP contribution in [0.15, 0.2) is 0 Å². The van der Waals surface area contributed by atoms with Crippen LogP contribution in [-0.4, -0.2) is 69.6 Å². The van der Waals surface area contributed by atoms with Crippen molar-refractivity contribution in [3.05, 3.63) is 0 Å². The van der Waals surface area contributed by atoms with Crippen LogP contribution in [0.25, 0.3) is 0 Å². The molecule has 0 aromatic carbocycles. The molecule has 24 heavy (non-hydrogen) atoms. The van der Waals surface area contributed by atoms with Crippen molar-refractivity contribution in [1.82, 2.24) is 4.90 Å². The molecule has 0 bridgehead atoms. The third-order valence-electron chi connectivity index (χ3n) is 3.55. The van der Waals surface area contributed by atoms with Crippen LogP contribution in [0.5, 0.6) is 0 Å². The van der Waals surface area contributed by atoms with Gasteiger partial charge in [0.15, 0.2) is 0 Å². The highest BCUT2D eigenvalue weighted by molar-refractivity contribution is 6.60. The predicted molar refractivity (Wildman–Crippen MR) is 92.5 cm³/mol.